The Labute approximate surface area is 113 Å². The molecule has 0 saturated heterocycles. The van der Waals surface area contributed by atoms with Crippen LogP contribution in [0.25, 0.3) is 0 Å². The summed E-state index contributed by atoms with van der Waals surface area (Å²) in [6.07, 6.45) is 6.51. The molecular weight excluding hydrogens is 266 g/mol. The summed E-state index contributed by atoms with van der Waals surface area (Å²) in [5, 5.41) is 0. The van der Waals surface area contributed by atoms with Crippen LogP contribution < -0.4 is 0 Å². The standard InChI is InChI=1S/C13H19NO2S2/c1-10-6-9-13(17-10)18(15,16)14(12-7-8-12)11-4-2-3-5-11/h6,9,11-12H,2-5,7-8H2,1H3. The Morgan fingerprint density at radius 2 is 1.72 bits per heavy atom. The summed E-state index contributed by atoms with van der Waals surface area (Å²) in [7, 11) is -3.25. The summed E-state index contributed by atoms with van der Waals surface area (Å²) in [5.41, 5.74) is 0. The van der Waals surface area contributed by atoms with E-state index in [4.69, 9.17) is 0 Å². The van der Waals surface area contributed by atoms with Crippen molar-refractivity contribution in [2.45, 2.75) is 61.7 Å². The Morgan fingerprint density at radius 1 is 1.11 bits per heavy atom. The largest absolute Gasteiger partial charge is 0.253 e. The number of thiophene rings is 1. The maximum Gasteiger partial charge on any atom is 0.253 e. The van der Waals surface area contributed by atoms with Crippen molar-refractivity contribution in [3.63, 3.8) is 0 Å². The molecule has 2 aliphatic rings. The molecule has 1 aromatic heterocycles. The Balaban J connectivity index is 1.93. The van der Waals surface area contributed by atoms with Crippen molar-refractivity contribution in [3.05, 3.63) is 17.0 Å². The fourth-order valence-corrected chi connectivity index (χ4v) is 6.15. The fraction of sp³-hybridized carbons (Fsp3) is 0.692. The Morgan fingerprint density at radius 3 is 2.22 bits per heavy atom. The fourth-order valence-electron chi connectivity index (χ4n) is 2.83. The molecule has 2 saturated carbocycles. The van der Waals surface area contributed by atoms with E-state index in [1.807, 2.05) is 17.3 Å². The van der Waals surface area contributed by atoms with Crippen molar-refractivity contribution in [2.75, 3.05) is 0 Å². The highest BCUT2D eigenvalue weighted by Gasteiger charge is 2.43. The lowest BCUT2D eigenvalue weighted by Crippen LogP contribution is -2.40. The predicted molar refractivity (Wildman–Crippen MR) is 73.4 cm³/mol. The van der Waals surface area contributed by atoms with Crippen LogP contribution in [0.15, 0.2) is 16.3 Å². The molecule has 0 atom stereocenters. The molecule has 3 nitrogen and oxygen atoms in total. The molecule has 18 heavy (non-hydrogen) atoms. The predicted octanol–water partition coefficient (Wildman–Crippen LogP) is 3.15. The quantitative estimate of drug-likeness (QED) is 0.852. The minimum Gasteiger partial charge on any atom is -0.206 e. The minimum atomic E-state index is -3.25. The van der Waals surface area contributed by atoms with Gasteiger partial charge < -0.3 is 0 Å². The van der Waals surface area contributed by atoms with Crippen molar-refractivity contribution in [3.8, 4) is 0 Å². The molecule has 0 aromatic carbocycles. The molecule has 5 heteroatoms. The van der Waals surface area contributed by atoms with Crippen molar-refractivity contribution in [1.29, 1.82) is 0 Å². The lowest BCUT2D eigenvalue weighted by molar-refractivity contribution is 0.315. The zero-order valence-corrected chi connectivity index (χ0v) is 12.3. The van der Waals surface area contributed by atoms with Gasteiger partial charge in [0.15, 0.2) is 0 Å². The van der Waals surface area contributed by atoms with Crippen LogP contribution in [-0.2, 0) is 10.0 Å². The Kier molecular flexibility index (Phi) is 3.24. The van der Waals surface area contributed by atoms with Crippen LogP contribution in [0.5, 0.6) is 0 Å². The molecule has 0 radical (unpaired) electrons. The van der Waals surface area contributed by atoms with Gasteiger partial charge in [-0.3, -0.25) is 0 Å². The summed E-state index contributed by atoms with van der Waals surface area (Å²) in [6.45, 7) is 1.96. The van der Waals surface area contributed by atoms with Gasteiger partial charge in [-0.15, -0.1) is 11.3 Å². The van der Waals surface area contributed by atoms with E-state index in [1.165, 1.54) is 24.2 Å². The molecule has 2 aliphatic carbocycles. The first kappa shape index (κ1) is 12.6. The molecule has 0 amide bonds. The van der Waals surface area contributed by atoms with E-state index >= 15 is 0 Å². The highest BCUT2D eigenvalue weighted by Crippen LogP contribution is 2.39. The van der Waals surface area contributed by atoms with Gasteiger partial charge in [0.2, 0.25) is 0 Å². The number of sulfonamides is 1. The van der Waals surface area contributed by atoms with E-state index in [0.29, 0.717) is 4.21 Å². The topological polar surface area (TPSA) is 37.4 Å². The summed E-state index contributed by atoms with van der Waals surface area (Å²) in [4.78, 5) is 1.07. The smallest absolute Gasteiger partial charge is 0.206 e. The molecule has 0 bridgehead atoms. The van der Waals surface area contributed by atoms with E-state index in [1.54, 1.807) is 6.07 Å². The van der Waals surface area contributed by atoms with Crippen molar-refractivity contribution in [2.24, 2.45) is 0 Å². The molecule has 3 rings (SSSR count). The first-order chi connectivity index (χ1) is 8.59. The normalized spacial score (nSPS) is 21.9. The molecule has 0 aliphatic heterocycles. The number of hydrogen-bond donors (Lipinski definition) is 0. The molecular formula is C13H19NO2S2. The molecule has 1 heterocycles. The summed E-state index contributed by atoms with van der Waals surface area (Å²) >= 11 is 1.40. The average Bonchev–Trinajstić information content (AvgIpc) is 2.81. The van der Waals surface area contributed by atoms with Crippen LogP contribution in [-0.4, -0.2) is 24.8 Å². The lowest BCUT2D eigenvalue weighted by Gasteiger charge is -2.27. The SMILES string of the molecule is Cc1ccc(S(=O)(=O)N(C2CCCC2)C2CC2)s1. The monoisotopic (exact) mass is 285 g/mol. The van der Waals surface area contributed by atoms with E-state index in [-0.39, 0.29) is 12.1 Å². The second kappa shape index (κ2) is 4.62. The summed E-state index contributed by atoms with van der Waals surface area (Å²) in [5.74, 6) is 0. The van der Waals surface area contributed by atoms with Gasteiger partial charge in [0.25, 0.3) is 10.0 Å². The Hall–Kier alpha value is -0.390. The lowest BCUT2D eigenvalue weighted by atomic mass is 10.2. The maximum atomic E-state index is 12.8. The van der Waals surface area contributed by atoms with Gasteiger partial charge in [0.05, 0.1) is 0 Å². The van der Waals surface area contributed by atoms with Crippen molar-refractivity contribution in [1.82, 2.24) is 4.31 Å². The highest BCUT2D eigenvalue weighted by atomic mass is 32.2. The van der Waals surface area contributed by atoms with E-state index in [2.05, 4.69) is 0 Å². The zero-order chi connectivity index (χ0) is 12.8. The first-order valence-electron chi connectivity index (χ1n) is 6.69. The second-order valence-electron chi connectivity index (χ2n) is 5.37. The Bertz CT molecular complexity index is 525. The first-order valence-corrected chi connectivity index (χ1v) is 8.94. The molecule has 0 N–H and O–H groups in total. The summed E-state index contributed by atoms with van der Waals surface area (Å²) < 4.78 is 27.9. The molecule has 0 unspecified atom stereocenters. The summed E-state index contributed by atoms with van der Waals surface area (Å²) in [6, 6.07) is 4.20. The van der Waals surface area contributed by atoms with Crippen LogP contribution in [0.1, 0.15) is 43.4 Å². The third kappa shape index (κ3) is 2.24. The third-order valence-corrected chi connectivity index (χ3v) is 7.31. The van der Waals surface area contributed by atoms with Gasteiger partial charge in [-0.1, -0.05) is 12.8 Å². The number of aryl methyl sites for hydroxylation is 1. The van der Waals surface area contributed by atoms with Gasteiger partial charge >= 0.3 is 0 Å². The molecule has 100 valence electrons. The number of rotatable bonds is 4. The number of nitrogens with zero attached hydrogens (tertiary/aromatic N) is 1. The highest BCUT2D eigenvalue weighted by molar-refractivity contribution is 7.91. The van der Waals surface area contributed by atoms with Crippen LogP contribution >= 0.6 is 11.3 Å². The second-order valence-corrected chi connectivity index (χ2v) is 8.73. The molecule has 0 spiro atoms. The van der Waals surface area contributed by atoms with Crippen molar-refractivity contribution >= 4 is 21.4 Å². The molecule has 2 fully saturated rings. The minimum absolute atomic E-state index is 0.255. The van der Waals surface area contributed by atoms with Crippen LogP contribution in [0.3, 0.4) is 0 Å². The van der Waals surface area contributed by atoms with Crippen LogP contribution in [0, 0.1) is 6.92 Å². The van der Waals surface area contributed by atoms with E-state index in [0.717, 1.165) is 30.6 Å². The van der Waals surface area contributed by atoms with E-state index < -0.39 is 10.0 Å². The number of hydrogen-bond acceptors (Lipinski definition) is 3. The average molecular weight is 285 g/mol. The van der Waals surface area contributed by atoms with Crippen molar-refractivity contribution < 1.29 is 8.42 Å². The van der Waals surface area contributed by atoms with Crippen LogP contribution in [0.4, 0.5) is 0 Å². The zero-order valence-electron chi connectivity index (χ0n) is 10.6. The maximum absolute atomic E-state index is 12.8. The van der Waals surface area contributed by atoms with Gasteiger partial charge in [-0.2, -0.15) is 4.31 Å². The van der Waals surface area contributed by atoms with Gasteiger partial charge in [0, 0.05) is 17.0 Å². The molecule has 1 aromatic rings. The van der Waals surface area contributed by atoms with E-state index in [9.17, 15) is 8.42 Å². The van der Waals surface area contributed by atoms with Crippen LogP contribution in [0.2, 0.25) is 0 Å². The third-order valence-electron chi connectivity index (χ3n) is 3.84. The van der Waals surface area contributed by atoms with Gasteiger partial charge in [-0.05, 0) is 44.7 Å². The van der Waals surface area contributed by atoms with Gasteiger partial charge in [0.1, 0.15) is 4.21 Å². The van der Waals surface area contributed by atoms with Gasteiger partial charge in [-0.25, -0.2) is 8.42 Å².